The molecular weight excluding hydrogens is 829 g/mol. The number of esters is 3. The summed E-state index contributed by atoms with van der Waals surface area (Å²) in [6.07, 6.45) is 67.1. The molecule has 67 heavy (non-hydrogen) atoms. The molecule has 1 unspecified atom stereocenters. The van der Waals surface area contributed by atoms with Crippen molar-refractivity contribution in [3.05, 3.63) is 36.5 Å². The highest BCUT2D eigenvalue weighted by molar-refractivity contribution is 5.71. The molecule has 0 fully saturated rings. The van der Waals surface area contributed by atoms with E-state index in [1.165, 1.54) is 180 Å². The molecule has 392 valence electrons. The molecule has 0 aliphatic rings. The quantitative estimate of drug-likeness (QED) is 0.0262. The second kappa shape index (κ2) is 56.2. The molecule has 0 N–H and O–H groups in total. The maximum absolute atomic E-state index is 12.8. The summed E-state index contributed by atoms with van der Waals surface area (Å²) in [7, 11) is 0. The van der Waals surface area contributed by atoms with Crippen LogP contribution in [0.2, 0.25) is 0 Å². The Balaban J connectivity index is 4.32. The molecule has 0 radical (unpaired) electrons. The zero-order valence-corrected chi connectivity index (χ0v) is 44.9. The summed E-state index contributed by atoms with van der Waals surface area (Å²) in [6.45, 7) is 6.57. The lowest BCUT2D eigenvalue weighted by atomic mass is 10.0. The van der Waals surface area contributed by atoms with Crippen molar-refractivity contribution in [2.24, 2.45) is 0 Å². The van der Waals surface area contributed by atoms with Gasteiger partial charge in [0.1, 0.15) is 13.2 Å². The molecule has 6 nitrogen and oxygen atoms in total. The fraction of sp³-hybridized carbons (Fsp3) is 0.852. The molecule has 0 bridgehead atoms. The van der Waals surface area contributed by atoms with Gasteiger partial charge in [0.2, 0.25) is 0 Å². The van der Waals surface area contributed by atoms with Crippen molar-refractivity contribution in [2.45, 2.75) is 322 Å². The number of hydrogen-bond donors (Lipinski definition) is 0. The lowest BCUT2D eigenvalue weighted by Crippen LogP contribution is -2.30. The van der Waals surface area contributed by atoms with Crippen molar-refractivity contribution in [1.82, 2.24) is 0 Å². The van der Waals surface area contributed by atoms with Gasteiger partial charge < -0.3 is 14.2 Å². The Bertz CT molecular complexity index is 1130. The zero-order valence-electron chi connectivity index (χ0n) is 44.9. The number of allylic oxidation sites excluding steroid dienone is 6. The molecule has 0 aromatic carbocycles. The standard InChI is InChI=1S/C61H112O6/c1-4-7-10-13-16-19-22-25-28-29-30-31-34-36-39-42-45-48-51-54-60(63)66-57-58(67-61(64)55-52-49-46-43-40-37-33-27-24-21-18-15-12-9-6-3)56-65-59(62)53-50-47-44-41-38-35-32-26-23-20-17-14-11-8-5-2/h9,12,18,21,27,33,58H,4-8,10-11,13-17,19-20,22-26,28-32,34-57H2,1-3H3/b12-9-,21-18-,33-27-. The van der Waals surface area contributed by atoms with E-state index in [4.69, 9.17) is 14.2 Å². The van der Waals surface area contributed by atoms with Gasteiger partial charge in [-0.25, -0.2) is 0 Å². The molecule has 0 amide bonds. The summed E-state index contributed by atoms with van der Waals surface area (Å²) in [5, 5.41) is 0. The van der Waals surface area contributed by atoms with Crippen molar-refractivity contribution < 1.29 is 28.6 Å². The van der Waals surface area contributed by atoms with Gasteiger partial charge >= 0.3 is 17.9 Å². The predicted octanol–water partition coefficient (Wildman–Crippen LogP) is 19.7. The van der Waals surface area contributed by atoms with E-state index < -0.39 is 6.10 Å². The topological polar surface area (TPSA) is 78.9 Å². The Morgan fingerprint density at radius 2 is 0.582 bits per heavy atom. The molecular formula is C61H112O6. The van der Waals surface area contributed by atoms with Crippen molar-refractivity contribution >= 4 is 17.9 Å². The first-order valence-corrected chi connectivity index (χ1v) is 29.5. The Hall–Kier alpha value is -2.37. The van der Waals surface area contributed by atoms with Gasteiger partial charge in [0, 0.05) is 19.3 Å². The minimum absolute atomic E-state index is 0.0743. The van der Waals surface area contributed by atoms with Gasteiger partial charge in [0.05, 0.1) is 0 Å². The Labute approximate surface area is 416 Å². The number of unbranched alkanes of at least 4 members (excludes halogenated alkanes) is 37. The third-order valence-corrected chi connectivity index (χ3v) is 13.2. The molecule has 0 aromatic heterocycles. The maximum Gasteiger partial charge on any atom is 0.306 e. The van der Waals surface area contributed by atoms with Crippen LogP contribution in [0.5, 0.6) is 0 Å². The lowest BCUT2D eigenvalue weighted by molar-refractivity contribution is -0.167. The van der Waals surface area contributed by atoms with Gasteiger partial charge in [0.25, 0.3) is 0 Å². The Kier molecular flexibility index (Phi) is 54.2. The summed E-state index contributed by atoms with van der Waals surface area (Å²) in [6, 6.07) is 0. The number of ether oxygens (including phenoxy) is 3. The summed E-state index contributed by atoms with van der Waals surface area (Å²) in [5.41, 5.74) is 0. The van der Waals surface area contributed by atoms with Crippen LogP contribution >= 0.6 is 0 Å². The van der Waals surface area contributed by atoms with E-state index in [9.17, 15) is 14.4 Å². The van der Waals surface area contributed by atoms with Crippen LogP contribution in [0.25, 0.3) is 0 Å². The van der Waals surface area contributed by atoms with E-state index in [0.29, 0.717) is 19.3 Å². The van der Waals surface area contributed by atoms with E-state index in [1.54, 1.807) is 0 Å². The van der Waals surface area contributed by atoms with Crippen LogP contribution in [-0.2, 0) is 28.6 Å². The molecule has 0 spiro atoms. The third-order valence-electron chi connectivity index (χ3n) is 13.2. The monoisotopic (exact) mass is 941 g/mol. The molecule has 1 atom stereocenters. The van der Waals surface area contributed by atoms with Gasteiger partial charge in [-0.05, 0) is 51.4 Å². The molecule has 0 rings (SSSR count). The molecule has 0 saturated carbocycles. The van der Waals surface area contributed by atoms with E-state index in [-0.39, 0.29) is 31.1 Å². The fourth-order valence-corrected chi connectivity index (χ4v) is 8.75. The first-order valence-electron chi connectivity index (χ1n) is 29.5. The number of hydrogen-bond acceptors (Lipinski definition) is 6. The highest BCUT2D eigenvalue weighted by atomic mass is 16.6. The summed E-state index contributed by atoms with van der Waals surface area (Å²) >= 11 is 0. The second-order valence-electron chi connectivity index (χ2n) is 19.9. The van der Waals surface area contributed by atoms with Crippen molar-refractivity contribution in [3.8, 4) is 0 Å². The zero-order chi connectivity index (χ0) is 48.6. The van der Waals surface area contributed by atoms with E-state index >= 15 is 0 Å². The molecule has 0 aromatic rings. The van der Waals surface area contributed by atoms with Crippen LogP contribution in [0.4, 0.5) is 0 Å². The third kappa shape index (κ3) is 54.4. The average Bonchev–Trinajstić information content (AvgIpc) is 3.33. The van der Waals surface area contributed by atoms with Crippen LogP contribution in [0.1, 0.15) is 316 Å². The maximum atomic E-state index is 12.8. The summed E-state index contributed by atoms with van der Waals surface area (Å²) in [5.74, 6) is -0.870. The van der Waals surface area contributed by atoms with E-state index in [2.05, 4.69) is 57.2 Å². The minimum atomic E-state index is -0.777. The fourth-order valence-electron chi connectivity index (χ4n) is 8.75. The van der Waals surface area contributed by atoms with Crippen LogP contribution < -0.4 is 0 Å². The van der Waals surface area contributed by atoms with E-state index in [0.717, 1.165) is 96.3 Å². The number of carbonyl (C=O) groups is 3. The van der Waals surface area contributed by atoms with Crippen LogP contribution in [0, 0.1) is 0 Å². The van der Waals surface area contributed by atoms with Gasteiger partial charge in [-0.3, -0.25) is 14.4 Å². The highest BCUT2D eigenvalue weighted by Crippen LogP contribution is 2.17. The summed E-state index contributed by atoms with van der Waals surface area (Å²) < 4.78 is 16.9. The Morgan fingerprint density at radius 1 is 0.313 bits per heavy atom. The first kappa shape index (κ1) is 64.6. The SMILES string of the molecule is CC/C=C\C/C=C\C/C=C\CCCCCCCC(=O)OC(COC(=O)CCCCCCCCCCCCCCCCC)COC(=O)CCCCCCCCCCCCCCCCCCCCC. The molecule has 6 heteroatoms. The van der Waals surface area contributed by atoms with E-state index in [1.807, 2.05) is 0 Å². The first-order chi connectivity index (χ1) is 33.0. The van der Waals surface area contributed by atoms with Gasteiger partial charge in [-0.2, -0.15) is 0 Å². The van der Waals surface area contributed by atoms with Crippen LogP contribution in [0.3, 0.4) is 0 Å². The number of carbonyl (C=O) groups excluding carboxylic acids is 3. The minimum Gasteiger partial charge on any atom is -0.462 e. The highest BCUT2D eigenvalue weighted by Gasteiger charge is 2.19. The molecule has 0 saturated heterocycles. The van der Waals surface area contributed by atoms with Gasteiger partial charge in [-0.1, -0.05) is 282 Å². The second-order valence-corrected chi connectivity index (χ2v) is 19.9. The molecule has 0 aliphatic carbocycles. The Morgan fingerprint density at radius 3 is 0.910 bits per heavy atom. The van der Waals surface area contributed by atoms with Crippen molar-refractivity contribution in [3.63, 3.8) is 0 Å². The van der Waals surface area contributed by atoms with Crippen LogP contribution in [-0.4, -0.2) is 37.2 Å². The number of rotatable bonds is 54. The average molecular weight is 942 g/mol. The molecule has 0 aliphatic heterocycles. The lowest BCUT2D eigenvalue weighted by Gasteiger charge is -2.18. The normalized spacial score (nSPS) is 12.2. The van der Waals surface area contributed by atoms with Crippen molar-refractivity contribution in [1.29, 1.82) is 0 Å². The largest absolute Gasteiger partial charge is 0.462 e. The van der Waals surface area contributed by atoms with Crippen molar-refractivity contribution in [2.75, 3.05) is 13.2 Å². The van der Waals surface area contributed by atoms with Crippen LogP contribution in [0.15, 0.2) is 36.5 Å². The summed E-state index contributed by atoms with van der Waals surface area (Å²) in [4.78, 5) is 38.2. The predicted molar refractivity (Wildman–Crippen MR) is 289 cm³/mol. The van der Waals surface area contributed by atoms with Gasteiger partial charge in [-0.15, -0.1) is 0 Å². The molecule has 0 heterocycles. The van der Waals surface area contributed by atoms with Gasteiger partial charge in [0.15, 0.2) is 6.10 Å². The smallest absolute Gasteiger partial charge is 0.306 e.